The van der Waals surface area contributed by atoms with Crippen molar-refractivity contribution in [2.24, 2.45) is 0 Å². The molecule has 2 rings (SSSR count). The first-order valence-corrected chi connectivity index (χ1v) is 9.13. The zero-order valence-electron chi connectivity index (χ0n) is 17.0. The van der Waals surface area contributed by atoms with E-state index in [2.05, 4.69) is 65.8 Å². The molecule has 0 aliphatic heterocycles. The van der Waals surface area contributed by atoms with Gasteiger partial charge in [-0.2, -0.15) is 0 Å². The molecule has 0 radical (unpaired) electrons. The van der Waals surface area contributed by atoms with Crippen LogP contribution < -0.4 is 9.47 Å². The molecular weight excluding hydrogens is 308 g/mol. The lowest BCUT2D eigenvalue weighted by atomic mass is 9.89. The minimum Gasteiger partial charge on any atom is -0.496 e. The van der Waals surface area contributed by atoms with Crippen molar-refractivity contribution in [1.82, 2.24) is 0 Å². The molecule has 0 N–H and O–H groups in total. The number of ether oxygens (including phenoxy) is 2. The van der Waals surface area contributed by atoms with E-state index in [9.17, 15) is 0 Å². The number of benzene rings is 2. The fourth-order valence-electron chi connectivity index (χ4n) is 3.33. The van der Waals surface area contributed by atoms with E-state index >= 15 is 0 Å². The summed E-state index contributed by atoms with van der Waals surface area (Å²) in [7, 11) is 3.51. The fourth-order valence-corrected chi connectivity index (χ4v) is 3.33. The molecule has 2 aromatic carbocycles. The molecule has 0 unspecified atom stereocenters. The van der Waals surface area contributed by atoms with Crippen LogP contribution in [0, 0.1) is 13.8 Å². The van der Waals surface area contributed by atoms with Crippen LogP contribution in [0.1, 0.15) is 72.9 Å². The van der Waals surface area contributed by atoms with Crippen molar-refractivity contribution in [1.29, 1.82) is 0 Å². The Labute approximate surface area is 153 Å². The highest BCUT2D eigenvalue weighted by Crippen LogP contribution is 2.33. The predicted octanol–water partition coefficient (Wildman–Crippen LogP) is 6.16. The molecule has 0 spiro atoms. The summed E-state index contributed by atoms with van der Waals surface area (Å²) >= 11 is 0. The SMILES string of the molecule is COc1cc(C)c(Cc2cc(C(C)C)c(OC)cc2C)cc1C(C)C. The highest BCUT2D eigenvalue weighted by atomic mass is 16.5. The van der Waals surface area contributed by atoms with E-state index in [0.29, 0.717) is 11.8 Å². The molecule has 0 fully saturated rings. The van der Waals surface area contributed by atoms with Gasteiger partial charge in [0.25, 0.3) is 0 Å². The van der Waals surface area contributed by atoms with E-state index in [1.165, 1.54) is 33.4 Å². The molecule has 0 saturated carbocycles. The molecular formula is C23H32O2. The number of hydrogen-bond donors (Lipinski definition) is 0. The van der Waals surface area contributed by atoms with Gasteiger partial charge in [-0.25, -0.2) is 0 Å². The normalized spacial score (nSPS) is 11.3. The molecule has 0 amide bonds. The van der Waals surface area contributed by atoms with Gasteiger partial charge in [-0.1, -0.05) is 39.8 Å². The Morgan fingerprint density at radius 3 is 1.32 bits per heavy atom. The second-order valence-corrected chi connectivity index (χ2v) is 7.53. The molecule has 0 heterocycles. The monoisotopic (exact) mass is 340 g/mol. The molecule has 0 aliphatic carbocycles. The van der Waals surface area contributed by atoms with Gasteiger partial charge in [0.2, 0.25) is 0 Å². The minimum atomic E-state index is 0.442. The average Bonchev–Trinajstić information content (AvgIpc) is 2.56. The van der Waals surface area contributed by atoms with E-state index in [1.54, 1.807) is 14.2 Å². The third-order valence-corrected chi connectivity index (χ3v) is 5.00. The molecule has 2 heteroatoms. The van der Waals surface area contributed by atoms with E-state index in [1.807, 2.05) is 0 Å². The lowest BCUT2D eigenvalue weighted by molar-refractivity contribution is 0.407. The maximum Gasteiger partial charge on any atom is 0.122 e. The quantitative estimate of drug-likeness (QED) is 0.627. The van der Waals surface area contributed by atoms with Crippen LogP contribution in [-0.2, 0) is 6.42 Å². The smallest absolute Gasteiger partial charge is 0.122 e. The van der Waals surface area contributed by atoms with Crippen molar-refractivity contribution in [2.75, 3.05) is 14.2 Å². The Kier molecular flexibility index (Phi) is 6.16. The largest absolute Gasteiger partial charge is 0.496 e. The first kappa shape index (κ1) is 19.4. The topological polar surface area (TPSA) is 18.5 Å². The van der Waals surface area contributed by atoms with Gasteiger partial charge in [0, 0.05) is 0 Å². The summed E-state index contributed by atoms with van der Waals surface area (Å²) in [4.78, 5) is 0. The number of methoxy groups -OCH3 is 2. The summed E-state index contributed by atoms with van der Waals surface area (Å²) in [6, 6.07) is 8.98. The molecule has 0 bridgehead atoms. The van der Waals surface area contributed by atoms with Gasteiger partial charge in [0.05, 0.1) is 14.2 Å². The van der Waals surface area contributed by atoms with Gasteiger partial charge < -0.3 is 9.47 Å². The molecule has 0 saturated heterocycles. The lowest BCUT2D eigenvalue weighted by Gasteiger charge is -2.19. The van der Waals surface area contributed by atoms with Crippen LogP contribution in [0.15, 0.2) is 24.3 Å². The Morgan fingerprint density at radius 1 is 0.680 bits per heavy atom. The molecule has 2 nitrogen and oxygen atoms in total. The van der Waals surface area contributed by atoms with Gasteiger partial charge in [-0.15, -0.1) is 0 Å². The van der Waals surface area contributed by atoms with E-state index in [4.69, 9.17) is 9.47 Å². The van der Waals surface area contributed by atoms with Crippen molar-refractivity contribution in [3.8, 4) is 11.5 Å². The van der Waals surface area contributed by atoms with Gasteiger partial charge in [0.1, 0.15) is 11.5 Å². The van der Waals surface area contributed by atoms with Crippen LogP contribution in [-0.4, -0.2) is 14.2 Å². The minimum absolute atomic E-state index is 0.442. The number of hydrogen-bond acceptors (Lipinski definition) is 2. The summed E-state index contributed by atoms with van der Waals surface area (Å²) in [5.41, 5.74) is 7.85. The van der Waals surface area contributed by atoms with Gasteiger partial charge in [0.15, 0.2) is 0 Å². The molecule has 2 aromatic rings. The molecule has 25 heavy (non-hydrogen) atoms. The van der Waals surface area contributed by atoms with Gasteiger partial charge in [-0.05, 0) is 77.6 Å². The second kappa shape index (κ2) is 7.95. The summed E-state index contributed by atoms with van der Waals surface area (Å²) in [6.07, 6.45) is 0.936. The van der Waals surface area contributed by atoms with Crippen molar-refractivity contribution in [3.05, 3.63) is 57.6 Å². The van der Waals surface area contributed by atoms with Crippen LogP contribution in [0.4, 0.5) is 0 Å². The lowest BCUT2D eigenvalue weighted by Crippen LogP contribution is -2.03. The Bertz CT molecular complexity index is 679. The van der Waals surface area contributed by atoms with Crippen molar-refractivity contribution in [2.45, 2.75) is 59.8 Å². The predicted molar refractivity (Wildman–Crippen MR) is 106 cm³/mol. The van der Waals surface area contributed by atoms with Crippen molar-refractivity contribution >= 4 is 0 Å². The summed E-state index contributed by atoms with van der Waals surface area (Å²) in [5, 5.41) is 0. The molecule has 0 atom stereocenters. The number of rotatable bonds is 6. The zero-order valence-corrected chi connectivity index (χ0v) is 17.0. The van der Waals surface area contributed by atoms with Crippen LogP contribution in [0.2, 0.25) is 0 Å². The van der Waals surface area contributed by atoms with Crippen molar-refractivity contribution in [3.63, 3.8) is 0 Å². The first-order valence-electron chi connectivity index (χ1n) is 9.13. The van der Waals surface area contributed by atoms with Crippen molar-refractivity contribution < 1.29 is 9.47 Å². The van der Waals surface area contributed by atoms with Crippen LogP contribution in [0.5, 0.6) is 11.5 Å². The van der Waals surface area contributed by atoms with E-state index in [0.717, 1.165) is 17.9 Å². The second-order valence-electron chi connectivity index (χ2n) is 7.53. The Balaban J connectivity index is 2.49. The fraction of sp³-hybridized carbons (Fsp3) is 0.478. The third-order valence-electron chi connectivity index (χ3n) is 5.00. The number of aryl methyl sites for hydroxylation is 2. The van der Waals surface area contributed by atoms with Crippen LogP contribution >= 0.6 is 0 Å². The molecule has 0 aromatic heterocycles. The standard InChI is InChI=1S/C23H32O2/c1-14(2)20-12-18(16(5)9-22(20)24-7)11-19-13-21(15(3)4)23(25-8)10-17(19)6/h9-10,12-15H,11H2,1-8H3. The summed E-state index contributed by atoms with van der Waals surface area (Å²) in [5.74, 6) is 2.87. The van der Waals surface area contributed by atoms with Crippen LogP contribution in [0.3, 0.4) is 0 Å². The first-order chi connectivity index (χ1) is 11.8. The summed E-state index contributed by atoms with van der Waals surface area (Å²) < 4.78 is 11.2. The average molecular weight is 341 g/mol. The zero-order chi connectivity index (χ0) is 18.7. The van der Waals surface area contributed by atoms with E-state index in [-0.39, 0.29) is 0 Å². The molecule has 0 aliphatic rings. The maximum absolute atomic E-state index is 5.58. The maximum atomic E-state index is 5.58. The van der Waals surface area contributed by atoms with Gasteiger partial charge in [-0.3, -0.25) is 0 Å². The highest BCUT2D eigenvalue weighted by Gasteiger charge is 2.15. The van der Waals surface area contributed by atoms with Gasteiger partial charge >= 0.3 is 0 Å². The Hall–Kier alpha value is -1.96. The van der Waals surface area contributed by atoms with E-state index < -0.39 is 0 Å². The van der Waals surface area contributed by atoms with Crippen LogP contribution in [0.25, 0.3) is 0 Å². The molecule has 136 valence electrons. The summed E-state index contributed by atoms with van der Waals surface area (Å²) in [6.45, 7) is 13.2. The third kappa shape index (κ3) is 4.18. The highest BCUT2D eigenvalue weighted by molar-refractivity contribution is 5.49. The Morgan fingerprint density at radius 2 is 1.04 bits per heavy atom.